The van der Waals surface area contributed by atoms with Crippen LogP contribution in [-0.4, -0.2) is 73.8 Å². The molecule has 11 heteroatoms. The van der Waals surface area contributed by atoms with Gasteiger partial charge in [-0.15, -0.1) is 0 Å². The van der Waals surface area contributed by atoms with Gasteiger partial charge in [0.15, 0.2) is 11.6 Å². The Morgan fingerprint density at radius 3 is 2.00 bits per heavy atom. The molecule has 1 aromatic heterocycles. The summed E-state index contributed by atoms with van der Waals surface area (Å²) in [7, 11) is -2.24. The molecule has 0 saturated carbocycles. The summed E-state index contributed by atoms with van der Waals surface area (Å²) in [6.45, 7) is 11.8. The molecule has 2 aliphatic carbocycles. The SMILES string of the molecule is COc1ccc(-c2cc(C)cc(C(=O)NS(C)(=O)=O)n2)c(C)c1C1C2=C(CC(C)(C)CC2=O)OC2=C1C(=O)CC(C)(C)C2.[Na]. The molecule has 1 aliphatic heterocycles. The number of hydrogen-bond donors (Lipinski definition) is 1. The van der Waals surface area contributed by atoms with Crippen molar-refractivity contribution in [2.75, 3.05) is 13.4 Å². The van der Waals surface area contributed by atoms with Gasteiger partial charge in [0, 0.05) is 77.5 Å². The smallest absolute Gasteiger partial charge is 0.283 e. The van der Waals surface area contributed by atoms with Crippen LogP contribution in [0.25, 0.3) is 11.3 Å². The molecule has 2 heterocycles. The zero-order valence-electron chi connectivity index (χ0n) is 26.9. The maximum absolute atomic E-state index is 13.9. The van der Waals surface area contributed by atoms with Crippen molar-refractivity contribution < 1.29 is 32.3 Å². The van der Waals surface area contributed by atoms with Crippen LogP contribution in [0.1, 0.15) is 86.5 Å². The van der Waals surface area contributed by atoms with E-state index in [0.29, 0.717) is 76.5 Å². The van der Waals surface area contributed by atoms with Gasteiger partial charge in [0.25, 0.3) is 5.91 Å². The number of nitrogens with one attached hydrogen (secondary N) is 1. The number of ketones is 2. The van der Waals surface area contributed by atoms with Crippen LogP contribution in [-0.2, 0) is 24.3 Å². The number of ether oxygens (including phenoxy) is 2. The first kappa shape index (κ1) is 34.1. The Labute approximate surface area is 281 Å². The third kappa shape index (κ3) is 6.59. The van der Waals surface area contributed by atoms with Crippen molar-refractivity contribution in [3.8, 4) is 17.0 Å². The minimum absolute atomic E-state index is 0. The molecule has 5 rings (SSSR count). The Kier molecular flexibility index (Phi) is 9.19. The minimum Gasteiger partial charge on any atom is -0.496 e. The largest absolute Gasteiger partial charge is 0.496 e. The van der Waals surface area contributed by atoms with Gasteiger partial charge in [-0.25, -0.2) is 18.1 Å². The number of nitrogens with zero attached hydrogens (tertiary/aromatic N) is 1. The number of rotatable bonds is 5. The summed E-state index contributed by atoms with van der Waals surface area (Å²) >= 11 is 0. The number of sulfonamides is 1. The van der Waals surface area contributed by atoms with Gasteiger partial charge < -0.3 is 9.47 Å². The Morgan fingerprint density at radius 2 is 1.50 bits per heavy atom. The Balaban J connectivity index is 0.00000442. The zero-order chi connectivity index (χ0) is 31.6. The predicted molar refractivity (Wildman–Crippen MR) is 168 cm³/mol. The molecule has 0 fully saturated rings. The fourth-order valence-corrected chi connectivity index (χ4v) is 7.06. The van der Waals surface area contributed by atoms with Gasteiger partial charge in [-0.05, 0) is 60.1 Å². The minimum atomic E-state index is -3.79. The number of allylic oxidation sites excluding steroid dienone is 4. The number of aromatic nitrogens is 1. The first-order chi connectivity index (χ1) is 19.9. The summed E-state index contributed by atoms with van der Waals surface area (Å²) in [4.78, 5) is 45.0. The van der Waals surface area contributed by atoms with E-state index in [1.54, 1.807) is 26.2 Å². The normalized spacial score (nSPS) is 19.5. The third-order valence-electron chi connectivity index (χ3n) is 8.32. The zero-order valence-corrected chi connectivity index (χ0v) is 29.7. The average Bonchev–Trinajstić information content (AvgIpc) is 2.84. The van der Waals surface area contributed by atoms with Crippen molar-refractivity contribution in [2.24, 2.45) is 10.8 Å². The van der Waals surface area contributed by atoms with Crippen molar-refractivity contribution in [2.45, 2.75) is 73.1 Å². The van der Waals surface area contributed by atoms with Crippen molar-refractivity contribution in [1.29, 1.82) is 0 Å². The molecule has 0 unspecified atom stereocenters. The average molecular weight is 630 g/mol. The summed E-state index contributed by atoms with van der Waals surface area (Å²) in [6, 6.07) is 6.92. The van der Waals surface area contributed by atoms with E-state index in [1.165, 1.54) is 6.07 Å². The number of benzene rings is 1. The van der Waals surface area contributed by atoms with E-state index in [9.17, 15) is 22.8 Å². The number of Topliss-reactive ketones (excluding diaryl/α,β-unsaturated/α-hetero) is 2. The molecule has 0 spiro atoms. The molecule has 229 valence electrons. The Morgan fingerprint density at radius 1 is 0.955 bits per heavy atom. The van der Waals surface area contributed by atoms with Gasteiger partial charge in [-0.2, -0.15) is 0 Å². The van der Waals surface area contributed by atoms with E-state index in [0.717, 1.165) is 11.8 Å². The molecular weight excluding hydrogens is 591 g/mol. The molecule has 3 aliphatic rings. The van der Waals surface area contributed by atoms with Crippen molar-refractivity contribution in [3.05, 3.63) is 69.3 Å². The molecule has 44 heavy (non-hydrogen) atoms. The molecule has 1 aromatic carbocycles. The molecule has 1 N–H and O–H groups in total. The van der Waals surface area contributed by atoms with Crippen LogP contribution in [0.5, 0.6) is 5.75 Å². The Hall–Kier alpha value is -2.79. The summed E-state index contributed by atoms with van der Waals surface area (Å²) in [5, 5.41) is 0. The summed E-state index contributed by atoms with van der Waals surface area (Å²) in [6.07, 6.45) is 2.69. The summed E-state index contributed by atoms with van der Waals surface area (Å²) in [5.41, 5.74) is 3.58. The molecule has 1 amide bonds. The molecule has 2 aromatic rings. The molecular formula is C33H38N2NaO7S. The number of methoxy groups -OCH3 is 1. The fraction of sp³-hybridized carbons (Fsp3) is 0.455. The van der Waals surface area contributed by atoms with E-state index < -0.39 is 21.8 Å². The third-order valence-corrected chi connectivity index (χ3v) is 8.88. The number of carbonyl (C=O) groups is 3. The van der Waals surface area contributed by atoms with Crippen molar-refractivity contribution in [3.63, 3.8) is 0 Å². The topological polar surface area (TPSA) is 129 Å². The summed E-state index contributed by atoms with van der Waals surface area (Å²) in [5.74, 6) is 0.107. The number of carbonyl (C=O) groups excluding carboxylic acids is 3. The van der Waals surface area contributed by atoms with Gasteiger partial charge in [-0.1, -0.05) is 27.7 Å². The Bertz CT molecular complexity index is 1720. The van der Waals surface area contributed by atoms with E-state index in [1.807, 2.05) is 45.4 Å². The van der Waals surface area contributed by atoms with E-state index in [2.05, 4.69) is 4.98 Å². The van der Waals surface area contributed by atoms with Crippen LogP contribution in [0.3, 0.4) is 0 Å². The van der Waals surface area contributed by atoms with Gasteiger partial charge in [0.2, 0.25) is 10.0 Å². The molecule has 0 atom stereocenters. The first-order valence-electron chi connectivity index (χ1n) is 14.3. The van der Waals surface area contributed by atoms with Crippen LogP contribution < -0.4 is 9.46 Å². The molecule has 1 radical (unpaired) electrons. The van der Waals surface area contributed by atoms with E-state index >= 15 is 0 Å². The standard InChI is InChI=1S/C33H38N2O7S.Na/c1-17-11-20(34-21(12-17)31(38)35-43(8,39)40)19-9-10-24(41-7)27(18(19)2)30-28-22(36)13-32(3,4)15-25(28)42-26-16-33(5,6)14-23(37)29(26)30;/h9-12,30H,13-16H2,1-8H3,(H,35,38);. The second-order valence-electron chi connectivity index (χ2n) is 13.6. The molecule has 0 bridgehead atoms. The monoisotopic (exact) mass is 629 g/mol. The van der Waals surface area contributed by atoms with Gasteiger partial charge in [0.05, 0.1) is 25.0 Å². The van der Waals surface area contributed by atoms with Crippen molar-refractivity contribution in [1.82, 2.24) is 9.71 Å². The second kappa shape index (κ2) is 11.9. The second-order valence-corrected chi connectivity index (χ2v) is 15.3. The number of aryl methyl sites for hydroxylation is 1. The number of amides is 1. The van der Waals surface area contributed by atoms with Crippen LogP contribution in [0.4, 0.5) is 0 Å². The molecule has 0 saturated heterocycles. The number of pyridine rings is 1. The summed E-state index contributed by atoms with van der Waals surface area (Å²) < 4.78 is 37.7. The van der Waals surface area contributed by atoms with E-state index in [4.69, 9.17) is 9.47 Å². The predicted octanol–water partition coefficient (Wildman–Crippen LogP) is 5.08. The maximum atomic E-state index is 13.9. The van der Waals surface area contributed by atoms with Gasteiger partial charge in [-0.3, -0.25) is 14.4 Å². The van der Waals surface area contributed by atoms with Crippen LogP contribution in [0.2, 0.25) is 0 Å². The fourth-order valence-electron chi connectivity index (χ4n) is 6.62. The van der Waals surface area contributed by atoms with Crippen LogP contribution >= 0.6 is 0 Å². The molecule has 9 nitrogen and oxygen atoms in total. The first-order valence-corrected chi connectivity index (χ1v) is 16.2. The van der Waals surface area contributed by atoms with E-state index in [-0.39, 0.29) is 57.6 Å². The maximum Gasteiger partial charge on any atom is 0.283 e. The number of hydrogen-bond acceptors (Lipinski definition) is 8. The van der Waals surface area contributed by atoms with Crippen LogP contribution in [0.15, 0.2) is 46.9 Å². The quantitative estimate of drug-likeness (QED) is 0.454. The van der Waals surface area contributed by atoms with Gasteiger partial charge in [0.1, 0.15) is 23.0 Å². The van der Waals surface area contributed by atoms with Crippen molar-refractivity contribution >= 4 is 57.1 Å². The van der Waals surface area contributed by atoms with Crippen LogP contribution in [0, 0.1) is 24.7 Å². The van der Waals surface area contributed by atoms with Gasteiger partial charge >= 0.3 is 0 Å².